The van der Waals surface area contributed by atoms with Crippen LogP contribution in [0.3, 0.4) is 0 Å². The van der Waals surface area contributed by atoms with Crippen LogP contribution in [0.2, 0.25) is 0 Å². The van der Waals surface area contributed by atoms with Crippen LogP contribution in [0, 0.1) is 23.5 Å². The first-order valence-corrected chi connectivity index (χ1v) is 5.98. The summed E-state index contributed by atoms with van der Waals surface area (Å²) >= 11 is 0. The highest BCUT2D eigenvalue weighted by Crippen LogP contribution is 2.33. The van der Waals surface area contributed by atoms with Crippen LogP contribution in [0.1, 0.15) is 19.3 Å². The van der Waals surface area contributed by atoms with E-state index in [4.69, 9.17) is 5.11 Å². The van der Waals surface area contributed by atoms with Crippen molar-refractivity contribution in [1.29, 1.82) is 0 Å². The molecule has 0 spiro atoms. The highest BCUT2D eigenvalue weighted by molar-refractivity contribution is 5.95. The fourth-order valence-electron chi connectivity index (χ4n) is 2.39. The maximum atomic E-state index is 13.4. The highest BCUT2D eigenvalue weighted by Gasteiger charge is 2.37. The lowest BCUT2D eigenvalue weighted by atomic mass is 9.95. The third-order valence-corrected chi connectivity index (χ3v) is 3.36. The number of aliphatic carboxylic acids is 1. The minimum Gasteiger partial charge on any atom is -0.481 e. The fraction of sp³-hybridized carbons (Fsp3) is 0.385. The van der Waals surface area contributed by atoms with Crippen molar-refractivity contribution in [1.82, 2.24) is 0 Å². The average molecular weight is 269 g/mol. The van der Waals surface area contributed by atoms with Crippen LogP contribution >= 0.6 is 0 Å². The topological polar surface area (TPSA) is 66.4 Å². The molecule has 0 saturated heterocycles. The van der Waals surface area contributed by atoms with Gasteiger partial charge in [-0.1, -0.05) is 6.42 Å². The van der Waals surface area contributed by atoms with Gasteiger partial charge < -0.3 is 10.4 Å². The lowest BCUT2D eigenvalue weighted by Gasteiger charge is -2.15. The zero-order chi connectivity index (χ0) is 14.0. The molecule has 1 aliphatic rings. The Morgan fingerprint density at radius 3 is 2.58 bits per heavy atom. The number of carboxylic acid groups (broad SMARTS) is 1. The van der Waals surface area contributed by atoms with Crippen molar-refractivity contribution >= 4 is 17.6 Å². The Morgan fingerprint density at radius 1 is 1.21 bits per heavy atom. The van der Waals surface area contributed by atoms with Crippen LogP contribution in [0.15, 0.2) is 18.2 Å². The Bertz CT molecular complexity index is 519. The van der Waals surface area contributed by atoms with Gasteiger partial charge in [0.2, 0.25) is 5.91 Å². The highest BCUT2D eigenvalue weighted by atomic mass is 19.1. The number of hydrogen-bond donors (Lipinski definition) is 2. The molecule has 1 aromatic rings. The minimum absolute atomic E-state index is 0.263. The first-order chi connectivity index (χ1) is 8.99. The van der Waals surface area contributed by atoms with E-state index in [0.29, 0.717) is 19.3 Å². The molecule has 0 radical (unpaired) electrons. The van der Waals surface area contributed by atoms with Gasteiger partial charge >= 0.3 is 5.97 Å². The van der Waals surface area contributed by atoms with Gasteiger partial charge in [-0.2, -0.15) is 0 Å². The van der Waals surface area contributed by atoms with Crippen molar-refractivity contribution < 1.29 is 23.5 Å². The Morgan fingerprint density at radius 2 is 1.89 bits per heavy atom. The van der Waals surface area contributed by atoms with Gasteiger partial charge in [-0.25, -0.2) is 8.78 Å². The van der Waals surface area contributed by atoms with E-state index in [-0.39, 0.29) is 5.69 Å². The summed E-state index contributed by atoms with van der Waals surface area (Å²) in [4.78, 5) is 22.9. The molecule has 0 aliphatic heterocycles. The second kappa shape index (κ2) is 5.34. The molecule has 6 heteroatoms. The number of carbonyl (C=O) groups is 2. The molecule has 0 heterocycles. The van der Waals surface area contributed by atoms with Crippen molar-refractivity contribution in [2.75, 3.05) is 5.32 Å². The maximum absolute atomic E-state index is 13.4. The van der Waals surface area contributed by atoms with E-state index < -0.39 is 35.3 Å². The lowest BCUT2D eigenvalue weighted by Crippen LogP contribution is -2.30. The molecular weight excluding hydrogens is 256 g/mol. The van der Waals surface area contributed by atoms with E-state index in [1.807, 2.05) is 0 Å². The van der Waals surface area contributed by atoms with Crippen molar-refractivity contribution in [2.45, 2.75) is 19.3 Å². The number of amides is 1. The van der Waals surface area contributed by atoms with Gasteiger partial charge in [-0.3, -0.25) is 9.59 Å². The predicted octanol–water partition coefficient (Wildman–Crippen LogP) is 2.40. The van der Waals surface area contributed by atoms with Crippen LogP contribution in [0.4, 0.5) is 14.5 Å². The summed E-state index contributed by atoms with van der Waals surface area (Å²) in [5, 5.41) is 11.2. The van der Waals surface area contributed by atoms with Crippen LogP contribution in [0.25, 0.3) is 0 Å². The first kappa shape index (κ1) is 13.5. The SMILES string of the molecule is O=C(O)[C@H]1CCC[C@H]1C(=O)Nc1cc(F)ccc1F. The summed E-state index contributed by atoms with van der Waals surface area (Å²) in [5.74, 6) is -4.47. The number of hydrogen-bond acceptors (Lipinski definition) is 2. The third kappa shape index (κ3) is 2.89. The first-order valence-electron chi connectivity index (χ1n) is 5.98. The lowest BCUT2D eigenvalue weighted by molar-refractivity contribution is -0.145. The number of halogens is 2. The molecule has 1 aromatic carbocycles. The number of benzene rings is 1. The number of anilines is 1. The molecule has 2 atom stereocenters. The molecule has 1 aliphatic carbocycles. The number of nitrogens with one attached hydrogen (secondary N) is 1. The van der Waals surface area contributed by atoms with Gasteiger partial charge in [0.05, 0.1) is 17.5 Å². The van der Waals surface area contributed by atoms with E-state index in [1.54, 1.807) is 0 Å². The van der Waals surface area contributed by atoms with Crippen LogP contribution in [-0.4, -0.2) is 17.0 Å². The summed E-state index contributed by atoms with van der Waals surface area (Å²) in [6.07, 6.45) is 1.51. The fourth-order valence-corrected chi connectivity index (χ4v) is 2.39. The molecule has 0 bridgehead atoms. The third-order valence-electron chi connectivity index (χ3n) is 3.36. The zero-order valence-corrected chi connectivity index (χ0v) is 10.0. The van der Waals surface area contributed by atoms with Crippen molar-refractivity contribution in [2.24, 2.45) is 11.8 Å². The molecule has 2 rings (SSSR count). The van der Waals surface area contributed by atoms with Gasteiger partial charge in [-0.05, 0) is 25.0 Å². The van der Waals surface area contributed by atoms with Gasteiger partial charge in [0, 0.05) is 6.07 Å². The van der Waals surface area contributed by atoms with Gasteiger partial charge in [0.15, 0.2) is 0 Å². The van der Waals surface area contributed by atoms with Crippen molar-refractivity contribution in [3.8, 4) is 0 Å². The van der Waals surface area contributed by atoms with Gasteiger partial charge in [-0.15, -0.1) is 0 Å². The predicted molar refractivity (Wildman–Crippen MR) is 63.5 cm³/mol. The molecule has 0 aromatic heterocycles. The second-order valence-corrected chi connectivity index (χ2v) is 4.60. The Labute approximate surface area is 108 Å². The van der Waals surface area contributed by atoms with E-state index in [2.05, 4.69) is 5.32 Å². The van der Waals surface area contributed by atoms with E-state index in [1.165, 1.54) is 0 Å². The quantitative estimate of drug-likeness (QED) is 0.885. The summed E-state index contributed by atoms with van der Waals surface area (Å²) in [6, 6.07) is 2.73. The largest absolute Gasteiger partial charge is 0.481 e. The van der Waals surface area contributed by atoms with E-state index in [9.17, 15) is 18.4 Å². The summed E-state index contributed by atoms with van der Waals surface area (Å²) in [5.41, 5.74) is -0.263. The Balaban J connectivity index is 2.12. The normalized spacial score (nSPS) is 22.2. The second-order valence-electron chi connectivity index (χ2n) is 4.60. The smallest absolute Gasteiger partial charge is 0.307 e. The monoisotopic (exact) mass is 269 g/mol. The average Bonchev–Trinajstić information content (AvgIpc) is 2.83. The number of carbonyl (C=O) groups excluding carboxylic acids is 1. The standard InChI is InChI=1S/C13H13F2NO3/c14-7-4-5-10(15)11(6-7)16-12(17)8-2-1-3-9(8)13(18)19/h4-6,8-9H,1-3H2,(H,16,17)(H,18,19)/t8-,9+/m1/s1. The Kier molecular flexibility index (Phi) is 3.78. The van der Waals surface area contributed by atoms with Gasteiger partial charge in [0.25, 0.3) is 0 Å². The molecule has 0 unspecified atom stereocenters. The molecule has 4 nitrogen and oxygen atoms in total. The Hall–Kier alpha value is -1.98. The van der Waals surface area contributed by atoms with Crippen LogP contribution in [0.5, 0.6) is 0 Å². The molecule has 1 amide bonds. The number of carboxylic acids is 1. The van der Waals surface area contributed by atoms with Gasteiger partial charge in [0.1, 0.15) is 11.6 Å². The molecule has 2 N–H and O–H groups in total. The van der Waals surface area contributed by atoms with Crippen LogP contribution in [-0.2, 0) is 9.59 Å². The van der Waals surface area contributed by atoms with Crippen LogP contribution < -0.4 is 5.32 Å². The molecule has 19 heavy (non-hydrogen) atoms. The summed E-state index contributed by atoms with van der Waals surface area (Å²) in [6.45, 7) is 0. The maximum Gasteiger partial charge on any atom is 0.307 e. The molecular formula is C13H13F2NO3. The van der Waals surface area contributed by atoms with E-state index in [0.717, 1.165) is 18.2 Å². The van der Waals surface area contributed by atoms with Crippen molar-refractivity contribution in [3.05, 3.63) is 29.8 Å². The summed E-state index contributed by atoms with van der Waals surface area (Å²) < 4.78 is 26.3. The summed E-state index contributed by atoms with van der Waals surface area (Å²) in [7, 11) is 0. The minimum atomic E-state index is -1.03. The molecule has 1 fully saturated rings. The van der Waals surface area contributed by atoms with E-state index >= 15 is 0 Å². The number of rotatable bonds is 3. The molecule has 102 valence electrons. The van der Waals surface area contributed by atoms with Crippen molar-refractivity contribution in [3.63, 3.8) is 0 Å². The molecule has 1 saturated carbocycles. The zero-order valence-electron chi connectivity index (χ0n) is 10.0.